The van der Waals surface area contributed by atoms with E-state index < -0.39 is 0 Å². The van der Waals surface area contributed by atoms with E-state index in [-0.39, 0.29) is 5.38 Å². The summed E-state index contributed by atoms with van der Waals surface area (Å²) in [7, 11) is 1.62. The summed E-state index contributed by atoms with van der Waals surface area (Å²) in [6.07, 6.45) is 1.82. The van der Waals surface area contributed by atoms with Crippen molar-refractivity contribution in [2.45, 2.75) is 25.1 Å². The van der Waals surface area contributed by atoms with Gasteiger partial charge in [-0.05, 0) is 17.9 Å². The van der Waals surface area contributed by atoms with Gasteiger partial charge in [-0.25, -0.2) is 0 Å². The average Bonchev–Trinajstić information content (AvgIpc) is 2.97. The molecule has 0 spiro atoms. The maximum Gasteiger partial charge on any atom is 0.271 e. The normalized spacial score (nSPS) is 12.6. The molecule has 0 bridgehead atoms. The molecule has 0 aliphatic heterocycles. The van der Waals surface area contributed by atoms with Crippen LogP contribution in [-0.4, -0.2) is 17.3 Å². The Morgan fingerprint density at radius 3 is 3.12 bits per heavy atom. The third kappa shape index (κ3) is 2.61. The summed E-state index contributed by atoms with van der Waals surface area (Å²) >= 11 is 7.64. The van der Waals surface area contributed by atoms with Gasteiger partial charge >= 0.3 is 0 Å². The van der Waals surface area contributed by atoms with E-state index >= 15 is 0 Å². The van der Waals surface area contributed by atoms with E-state index in [1.54, 1.807) is 7.11 Å². The van der Waals surface area contributed by atoms with Gasteiger partial charge < -0.3 is 9.26 Å². The number of thiophene rings is 1. The molecule has 92 valence electrons. The molecule has 0 amide bonds. The predicted molar refractivity (Wildman–Crippen MR) is 67.7 cm³/mol. The Hall–Kier alpha value is -1.07. The first-order valence-corrected chi connectivity index (χ1v) is 6.67. The number of methoxy groups -OCH3 is 1. The van der Waals surface area contributed by atoms with Gasteiger partial charge in [-0.3, -0.25) is 0 Å². The van der Waals surface area contributed by atoms with Crippen LogP contribution in [0.25, 0.3) is 10.8 Å². The Kier molecular flexibility index (Phi) is 4.02. The SMILES string of the molecule is CCCC(Cl)c1noc(-c2sccc2OC)n1. The van der Waals surface area contributed by atoms with Gasteiger partial charge in [-0.2, -0.15) is 4.98 Å². The number of hydrogen-bond donors (Lipinski definition) is 0. The van der Waals surface area contributed by atoms with E-state index in [1.165, 1.54) is 11.3 Å². The number of rotatable bonds is 5. The molecule has 0 fully saturated rings. The first-order valence-electron chi connectivity index (χ1n) is 5.35. The van der Waals surface area contributed by atoms with Gasteiger partial charge in [0.15, 0.2) is 5.82 Å². The van der Waals surface area contributed by atoms with Crippen molar-refractivity contribution in [3.63, 3.8) is 0 Å². The lowest BCUT2D eigenvalue weighted by molar-refractivity contribution is 0.404. The first kappa shape index (κ1) is 12.4. The van der Waals surface area contributed by atoms with Crippen LogP contribution in [-0.2, 0) is 0 Å². The van der Waals surface area contributed by atoms with Crippen molar-refractivity contribution in [3.8, 4) is 16.5 Å². The van der Waals surface area contributed by atoms with E-state index in [0.29, 0.717) is 11.7 Å². The van der Waals surface area contributed by atoms with Crippen molar-refractivity contribution >= 4 is 22.9 Å². The summed E-state index contributed by atoms with van der Waals surface area (Å²) in [5.74, 6) is 1.75. The van der Waals surface area contributed by atoms with Gasteiger partial charge in [0.05, 0.1) is 12.5 Å². The third-order valence-corrected chi connectivity index (χ3v) is 3.60. The molecule has 0 radical (unpaired) electrons. The van der Waals surface area contributed by atoms with Gasteiger partial charge in [0.1, 0.15) is 10.6 Å². The van der Waals surface area contributed by atoms with Crippen LogP contribution in [0, 0.1) is 0 Å². The number of ether oxygens (including phenoxy) is 1. The fraction of sp³-hybridized carbons (Fsp3) is 0.455. The number of halogens is 1. The molecule has 2 heterocycles. The number of aromatic nitrogens is 2. The summed E-state index contributed by atoms with van der Waals surface area (Å²) < 4.78 is 10.4. The largest absolute Gasteiger partial charge is 0.495 e. The molecule has 2 aromatic heterocycles. The quantitative estimate of drug-likeness (QED) is 0.775. The minimum absolute atomic E-state index is 0.191. The van der Waals surface area contributed by atoms with Crippen molar-refractivity contribution in [3.05, 3.63) is 17.3 Å². The monoisotopic (exact) mass is 272 g/mol. The second-order valence-corrected chi connectivity index (χ2v) is 4.97. The van der Waals surface area contributed by atoms with Gasteiger partial charge in [-0.1, -0.05) is 18.5 Å². The van der Waals surface area contributed by atoms with Crippen LogP contribution in [0.5, 0.6) is 5.75 Å². The highest BCUT2D eigenvalue weighted by molar-refractivity contribution is 7.13. The molecule has 0 aromatic carbocycles. The first-order chi connectivity index (χ1) is 8.26. The smallest absolute Gasteiger partial charge is 0.271 e. The molecule has 0 aliphatic carbocycles. The summed E-state index contributed by atoms with van der Waals surface area (Å²) in [6, 6.07) is 1.87. The number of nitrogens with zero attached hydrogens (tertiary/aromatic N) is 2. The summed E-state index contributed by atoms with van der Waals surface area (Å²) in [4.78, 5) is 5.14. The van der Waals surface area contributed by atoms with Crippen LogP contribution in [0.1, 0.15) is 31.0 Å². The fourth-order valence-electron chi connectivity index (χ4n) is 1.45. The molecule has 0 aliphatic rings. The van der Waals surface area contributed by atoms with Crippen LogP contribution in [0.2, 0.25) is 0 Å². The molecule has 2 aromatic rings. The predicted octanol–water partition coefficient (Wildman–Crippen LogP) is 3.89. The zero-order valence-corrected chi connectivity index (χ0v) is 11.2. The van der Waals surface area contributed by atoms with E-state index in [4.69, 9.17) is 20.9 Å². The van der Waals surface area contributed by atoms with Gasteiger partial charge in [-0.15, -0.1) is 22.9 Å². The van der Waals surface area contributed by atoms with Crippen LogP contribution < -0.4 is 4.74 Å². The van der Waals surface area contributed by atoms with E-state index in [2.05, 4.69) is 17.1 Å². The Balaban J connectivity index is 2.23. The Bertz CT molecular complexity index is 483. The lowest BCUT2D eigenvalue weighted by atomic mass is 10.2. The van der Waals surface area contributed by atoms with Gasteiger partial charge in [0.25, 0.3) is 5.89 Å². The van der Waals surface area contributed by atoms with Crippen molar-refractivity contribution in [1.82, 2.24) is 10.1 Å². The Morgan fingerprint density at radius 1 is 1.59 bits per heavy atom. The highest BCUT2D eigenvalue weighted by atomic mass is 35.5. The Morgan fingerprint density at radius 2 is 2.41 bits per heavy atom. The highest BCUT2D eigenvalue weighted by Gasteiger charge is 2.19. The zero-order chi connectivity index (χ0) is 12.3. The molecule has 17 heavy (non-hydrogen) atoms. The van der Waals surface area contributed by atoms with Crippen molar-refractivity contribution in [2.24, 2.45) is 0 Å². The maximum atomic E-state index is 6.14. The molecule has 0 saturated carbocycles. The summed E-state index contributed by atoms with van der Waals surface area (Å²) in [5, 5.41) is 5.63. The van der Waals surface area contributed by atoms with E-state index in [0.717, 1.165) is 23.5 Å². The van der Waals surface area contributed by atoms with Crippen LogP contribution >= 0.6 is 22.9 Å². The molecule has 2 rings (SSSR count). The van der Waals surface area contributed by atoms with Crippen molar-refractivity contribution < 1.29 is 9.26 Å². The molecule has 0 N–H and O–H groups in total. The molecule has 6 heteroatoms. The third-order valence-electron chi connectivity index (χ3n) is 2.31. The molecule has 0 saturated heterocycles. The Labute approximate surface area is 109 Å². The molecular weight excluding hydrogens is 260 g/mol. The standard InChI is InChI=1S/C11H13ClN2O2S/c1-3-4-7(12)10-13-11(16-14-10)9-8(15-2)5-6-17-9/h5-7H,3-4H2,1-2H3. The van der Waals surface area contributed by atoms with Crippen LogP contribution in [0.4, 0.5) is 0 Å². The lowest BCUT2D eigenvalue weighted by Crippen LogP contribution is -1.92. The second kappa shape index (κ2) is 5.51. The topological polar surface area (TPSA) is 48.2 Å². The van der Waals surface area contributed by atoms with E-state index in [1.807, 2.05) is 11.4 Å². The highest BCUT2D eigenvalue weighted by Crippen LogP contribution is 2.35. The van der Waals surface area contributed by atoms with Crippen molar-refractivity contribution in [1.29, 1.82) is 0 Å². The fourth-order valence-corrected chi connectivity index (χ4v) is 2.54. The molecule has 1 atom stereocenters. The lowest BCUT2D eigenvalue weighted by Gasteiger charge is -1.99. The summed E-state index contributed by atoms with van der Waals surface area (Å²) in [5.41, 5.74) is 0. The second-order valence-electron chi connectivity index (χ2n) is 3.53. The van der Waals surface area contributed by atoms with Crippen molar-refractivity contribution in [2.75, 3.05) is 7.11 Å². The molecular formula is C11H13ClN2O2S. The molecule has 1 unspecified atom stereocenters. The zero-order valence-electron chi connectivity index (χ0n) is 9.64. The van der Waals surface area contributed by atoms with Gasteiger partial charge in [0.2, 0.25) is 0 Å². The van der Waals surface area contributed by atoms with E-state index in [9.17, 15) is 0 Å². The maximum absolute atomic E-state index is 6.14. The minimum atomic E-state index is -0.191. The molecule has 4 nitrogen and oxygen atoms in total. The van der Waals surface area contributed by atoms with Crippen LogP contribution in [0.15, 0.2) is 16.0 Å². The average molecular weight is 273 g/mol. The number of hydrogen-bond acceptors (Lipinski definition) is 5. The summed E-state index contributed by atoms with van der Waals surface area (Å²) in [6.45, 7) is 2.07. The van der Waals surface area contributed by atoms with Crippen LogP contribution in [0.3, 0.4) is 0 Å². The van der Waals surface area contributed by atoms with Gasteiger partial charge in [0, 0.05) is 0 Å². The number of alkyl halides is 1. The minimum Gasteiger partial charge on any atom is -0.495 e.